The van der Waals surface area contributed by atoms with Crippen LogP contribution in [0.3, 0.4) is 0 Å². The fourth-order valence-electron chi connectivity index (χ4n) is 8.42. The molecule has 0 fully saturated rings. The van der Waals surface area contributed by atoms with Gasteiger partial charge in [0.2, 0.25) is 0 Å². The van der Waals surface area contributed by atoms with Gasteiger partial charge in [-0.2, -0.15) is 0 Å². The summed E-state index contributed by atoms with van der Waals surface area (Å²) in [5, 5.41) is 4.90. The van der Waals surface area contributed by atoms with Gasteiger partial charge < -0.3 is 0 Å². The first kappa shape index (κ1) is 38.0. The fraction of sp³-hybridized carbons (Fsp3) is 0.0333. The topological polar surface area (TPSA) is 0 Å². The Bertz CT molecular complexity index is 2810. The van der Waals surface area contributed by atoms with Crippen molar-refractivity contribution in [2.45, 2.75) is 13.8 Å². The summed E-state index contributed by atoms with van der Waals surface area (Å²) in [7, 11) is 0. The third-order valence-electron chi connectivity index (χ3n) is 11.5. The summed E-state index contributed by atoms with van der Waals surface area (Å²) in [5.74, 6) is 0. The fourth-order valence-corrected chi connectivity index (χ4v) is 8.42. The van der Waals surface area contributed by atoms with E-state index in [0.717, 1.165) is 0 Å². The number of rotatable bonds is 10. The Labute approximate surface area is 354 Å². The summed E-state index contributed by atoms with van der Waals surface area (Å²) in [6.07, 6.45) is 13.9. The second kappa shape index (κ2) is 17.5. The van der Waals surface area contributed by atoms with Gasteiger partial charge in [-0.15, -0.1) is 0 Å². The standard InChI is InChI=1S/C60H46/c1-43-21-9-15-31-51(43)59(47-25-5-3-6-26-47)41-49-29-13-11-23-45(49)37-39-57-53-33-17-19-35-55(53)58(56-36-20-18-34-54(56)57)40-38-46-24-12-14-30-50(46)42-60(48-27-7-4-8-28-48)52-32-16-10-22-44(52)2/h3-42H,1-2H3/b39-37?,40-38?,59-41+,60-42+. The molecule has 9 rings (SSSR count). The van der Waals surface area contributed by atoms with Crippen molar-refractivity contribution in [3.05, 3.63) is 273 Å². The molecule has 286 valence electrons. The summed E-state index contributed by atoms with van der Waals surface area (Å²) in [4.78, 5) is 0. The molecule has 0 nitrogen and oxygen atoms in total. The van der Waals surface area contributed by atoms with Crippen LogP contribution in [0, 0.1) is 13.8 Å². The molecule has 9 aromatic rings. The average molecular weight is 767 g/mol. The molecule has 0 saturated heterocycles. The molecular formula is C60H46. The monoisotopic (exact) mass is 766 g/mol. The number of aryl methyl sites for hydroxylation is 2. The van der Waals surface area contributed by atoms with Crippen molar-refractivity contribution in [3.63, 3.8) is 0 Å². The van der Waals surface area contributed by atoms with Crippen LogP contribution in [0.15, 0.2) is 206 Å². The molecule has 0 N–H and O–H groups in total. The van der Waals surface area contributed by atoms with Crippen LogP contribution in [0.5, 0.6) is 0 Å². The lowest BCUT2D eigenvalue weighted by atomic mass is 9.89. The Hall–Kier alpha value is -7.54. The Morgan fingerprint density at radius 2 is 0.583 bits per heavy atom. The first-order chi connectivity index (χ1) is 29.6. The van der Waals surface area contributed by atoms with E-state index in [1.54, 1.807) is 0 Å². The van der Waals surface area contributed by atoms with Crippen molar-refractivity contribution >= 4 is 69.1 Å². The smallest absolute Gasteiger partial charge is 0.00987 e. The molecule has 0 unspecified atom stereocenters. The van der Waals surface area contributed by atoms with E-state index >= 15 is 0 Å². The molecule has 60 heavy (non-hydrogen) atoms. The van der Waals surface area contributed by atoms with E-state index in [1.165, 1.54) is 99.5 Å². The molecule has 0 aromatic heterocycles. The second-order valence-corrected chi connectivity index (χ2v) is 15.3. The number of fused-ring (bicyclic) bond motifs is 2. The van der Waals surface area contributed by atoms with Crippen molar-refractivity contribution in [1.82, 2.24) is 0 Å². The lowest BCUT2D eigenvalue weighted by Crippen LogP contribution is -1.93. The van der Waals surface area contributed by atoms with E-state index in [4.69, 9.17) is 0 Å². The zero-order valence-corrected chi connectivity index (χ0v) is 34.1. The van der Waals surface area contributed by atoms with Crippen LogP contribution >= 0.6 is 0 Å². The number of hydrogen-bond acceptors (Lipinski definition) is 0. The Balaban J connectivity index is 1.14. The van der Waals surface area contributed by atoms with Gasteiger partial charge in [-0.25, -0.2) is 0 Å². The molecule has 0 amide bonds. The van der Waals surface area contributed by atoms with E-state index in [1.807, 2.05) is 0 Å². The van der Waals surface area contributed by atoms with Crippen molar-refractivity contribution in [2.75, 3.05) is 0 Å². The third-order valence-corrected chi connectivity index (χ3v) is 11.5. The van der Waals surface area contributed by atoms with Crippen LogP contribution in [0.25, 0.3) is 69.1 Å². The van der Waals surface area contributed by atoms with Gasteiger partial charge in [-0.05, 0) is 125 Å². The molecule has 0 heteroatoms. The quantitative estimate of drug-likeness (QED) is 0.0961. The van der Waals surface area contributed by atoms with Gasteiger partial charge in [0.05, 0.1) is 0 Å². The van der Waals surface area contributed by atoms with E-state index in [2.05, 4.69) is 257 Å². The maximum Gasteiger partial charge on any atom is -0.00987 e. The molecule has 0 atom stereocenters. The largest absolute Gasteiger partial charge is 0.0622 e. The molecule has 0 aliphatic heterocycles. The van der Waals surface area contributed by atoms with Gasteiger partial charge in [-0.1, -0.05) is 231 Å². The van der Waals surface area contributed by atoms with Crippen molar-refractivity contribution < 1.29 is 0 Å². The van der Waals surface area contributed by atoms with Crippen molar-refractivity contribution in [3.8, 4) is 0 Å². The average Bonchev–Trinajstić information content (AvgIpc) is 3.30. The zero-order chi connectivity index (χ0) is 40.7. The molecule has 0 heterocycles. The van der Waals surface area contributed by atoms with E-state index in [9.17, 15) is 0 Å². The summed E-state index contributed by atoms with van der Waals surface area (Å²) < 4.78 is 0. The Kier molecular flexibility index (Phi) is 11.1. The summed E-state index contributed by atoms with van der Waals surface area (Å²) >= 11 is 0. The molecule has 9 aromatic carbocycles. The van der Waals surface area contributed by atoms with Crippen LogP contribution in [-0.2, 0) is 0 Å². The predicted octanol–water partition coefficient (Wildman–Crippen LogP) is 16.1. The minimum atomic E-state index is 1.17. The zero-order valence-electron chi connectivity index (χ0n) is 34.1. The van der Waals surface area contributed by atoms with Crippen LogP contribution < -0.4 is 0 Å². The Morgan fingerprint density at radius 3 is 0.950 bits per heavy atom. The maximum atomic E-state index is 2.35. The molecule has 0 radical (unpaired) electrons. The highest BCUT2D eigenvalue weighted by atomic mass is 14.2. The first-order valence-electron chi connectivity index (χ1n) is 20.8. The third kappa shape index (κ3) is 7.97. The summed E-state index contributed by atoms with van der Waals surface area (Å²) in [5.41, 5.74) is 16.9. The molecule has 0 aliphatic rings. The second-order valence-electron chi connectivity index (χ2n) is 15.3. The SMILES string of the molecule is Cc1ccccc1/C(=C/c1ccccc1C=Cc1c2ccccc2c(C=Cc2ccccc2/C=C(\c2ccccc2)c2ccccc2C)c2ccccc12)c1ccccc1. The maximum absolute atomic E-state index is 2.35. The van der Waals surface area contributed by atoms with E-state index in [0.29, 0.717) is 0 Å². The number of hydrogen-bond donors (Lipinski definition) is 0. The molecule has 0 bridgehead atoms. The minimum absolute atomic E-state index is 1.17. The van der Waals surface area contributed by atoms with Gasteiger partial charge in [-0.3, -0.25) is 0 Å². The van der Waals surface area contributed by atoms with Crippen LogP contribution in [0.2, 0.25) is 0 Å². The molecule has 0 aliphatic carbocycles. The highest BCUT2D eigenvalue weighted by Gasteiger charge is 2.13. The molecule has 0 spiro atoms. The highest BCUT2D eigenvalue weighted by Crippen LogP contribution is 2.37. The van der Waals surface area contributed by atoms with Gasteiger partial charge in [0.1, 0.15) is 0 Å². The van der Waals surface area contributed by atoms with Gasteiger partial charge in [0, 0.05) is 0 Å². The van der Waals surface area contributed by atoms with Crippen molar-refractivity contribution in [2.24, 2.45) is 0 Å². The molecular weight excluding hydrogens is 721 g/mol. The van der Waals surface area contributed by atoms with Crippen LogP contribution in [-0.4, -0.2) is 0 Å². The normalized spacial score (nSPS) is 12.2. The highest BCUT2D eigenvalue weighted by molar-refractivity contribution is 6.14. The van der Waals surface area contributed by atoms with Crippen molar-refractivity contribution in [1.29, 1.82) is 0 Å². The van der Waals surface area contributed by atoms with Crippen LogP contribution in [0.4, 0.5) is 0 Å². The minimum Gasteiger partial charge on any atom is -0.0622 e. The van der Waals surface area contributed by atoms with Crippen LogP contribution in [0.1, 0.15) is 66.8 Å². The Morgan fingerprint density at radius 1 is 0.283 bits per heavy atom. The molecule has 0 saturated carbocycles. The number of benzene rings is 9. The van der Waals surface area contributed by atoms with E-state index in [-0.39, 0.29) is 0 Å². The lowest BCUT2D eigenvalue weighted by Gasteiger charge is -2.14. The summed E-state index contributed by atoms with van der Waals surface area (Å²) in [6, 6.07) is 73.9. The summed E-state index contributed by atoms with van der Waals surface area (Å²) in [6.45, 7) is 4.38. The lowest BCUT2D eigenvalue weighted by molar-refractivity contribution is 1.42. The van der Waals surface area contributed by atoms with Gasteiger partial charge in [0.15, 0.2) is 0 Å². The van der Waals surface area contributed by atoms with E-state index < -0.39 is 0 Å². The first-order valence-corrected chi connectivity index (χ1v) is 20.8. The predicted molar refractivity (Wildman–Crippen MR) is 261 cm³/mol. The van der Waals surface area contributed by atoms with Gasteiger partial charge >= 0.3 is 0 Å². The van der Waals surface area contributed by atoms with Gasteiger partial charge in [0.25, 0.3) is 0 Å².